The number of aromatic nitrogens is 2. The first-order valence-corrected chi connectivity index (χ1v) is 5.84. The Bertz CT molecular complexity index is 681. The Balaban J connectivity index is 2.12. The Morgan fingerprint density at radius 3 is 2.84 bits per heavy atom. The minimum absolute atomic E-state index is 0.000617. The van der Waals surface area contributed by atoms with Crippen LogP contribution in [0.5, 0.6) is 11.5 Å². The highest BCUT2D eigenvalue weighted by Crippen LogP contribution is 2.34. The molecule has 1 aromatic carbocycles. The summed E-state index contributed by atoms with van der Waals surface area (Å²) in [5, 5.41) is 13.3. The van der Waals surface area contributed by atoms with E-state index in [0.29, 0.717) is 22.9 Å². The number of carbonyl (C=O) groups is 1. The van der Waals surface area contributed by atoms with E-state index in [1.807, 2.05) is 0 Å². The van der Waals surface area contributed by atoms with Crippen molar-refractivity contribution in [2.75, 3.05) is 6.79 Å². The maximum Gasteiger partial charge on any atom is 0.340 e. The highest BCUT2D eigenvalue weighted by atomic mass is 35.5. The van der Waals surface area contributed by atoms with Crippen molar-refractivity contribution >= 4 is 17.6 Å². The van der Waals surface area contributed by atoms with E-state index in [0.717, 1.165) is 0 Å². The van der Waals surface area contributed by atoms with Crippen LogP contribution in [0.3, 0.4) is 0 Å². The zero-order chi connectivity index (χ0) is 13.6. The van der Waals surface area contributed by atoms with Crippen LogP contribution < -0.4 is 9.47 Å². The second-order valence-electron chi connectivity index (χ2n) is 4.01. The molecule has 1 aliphatic rings. The summed E-state index contributed by atoms with van der Waals surface area (Å²) >= 11 is 6.06. The van der Waals surface area contributed by atoms with Crippen LogP contribution in [-0.2, 0) is 0 Å². The highest BCUT2D eigenvalue weighted by molar-refractivity contribution is 6.32. The van der Waals surface area contributed by atoms with Gasteiger partial charge in [-0.15, -0.1) is 0 Å². The molecule has 0 aliphatic carbocycles. The van der Waals surface area contributed by atoms with Crippen molar-refractivity contribution < 1.29 is 19.4 Å². The molecule has 0 spiro atoms. The summed E-state index contributed by atoms with van der Waals surface area (Å²) in [7, 11) is 0. The second kappa shape index (κ2) is 4.17. The van der Waals surface area contributed by atoms with E-state index in [-0.39, 0.29) is 17.5 Å². The van der Waals surface area contributed by atoms with Gasteiger partial charge >= 0.3 is 5.97 Å². The summed E-state index contributed by atoms with van der Waals surface area (Å²) in [6.45, 7) is 1.77. The Labute approximate surface area is 113 Å². The van der Waals surface area contributed by atoms with Crippen molar-refractivity contribution in [3.8, 4) is 17.2 Å². The van der Waals surface area contributed by atoms with E-state index >= 15 is 0 Å². The number of carboxylic acid groups (broad SMARTS) is 1. The van der Waals surface area contributed by atoms with Gasteiger partial charge in [-0.3, -0.25) is 0 Å². The molecule has 1 aliphatic heterocycles. The molecular formula is C12H9ClN2O4. The molecule has 0 radical (unpaired) electrons. The molecule has 2 heterocycles. The lowest BCUT2D eigenvalue weighted by atomic mass is 10.2. The lowest BCUT2D eigenvalue weighted by molar-refractivity contribution is 0.0696. The lowest BCUT2D eigenvalue weighted by Gasteiger charge is -2.04. The predicted octanol–water partition coefficient (Wildman–Crippen LogP) is 2.26. The monoisotopic (exact) mass is 280 g/mol. The van der Waals surface area contributed by atoms with Crippen LogP contribution in [0.4, 0.5) is 0 Å². The zero-order valence-corrected chi connectivity index (χ0v) is 10.6. The number of halogens is 1. The van der Waals surface area contributed by atoms with E-state index < -0.39 is 5.97 Å². The fourth-order valence-corrected chi connectivity index (χ4v) is 2.28. The van der Waals surface area contributed by atoms with Gasteiger partial charge in [0.15, 0.2) is 11.5 Å². The predicted molar refractivity (Wildman–Crippen MR) is 66.4 cm³/mol. The molecule has 0 saturated carbocycles. The quantitative estimate of drug-likeness (QED) is 0.913. The van der Waals surface area contributed by atoms with E-state index in [1.165, 1.54) is 4.68 Å². The van der Waals surface area contributed by atoms with Gasteiger partial charge in [0, 0.05) is 6.07 Å². The van der Waals surface area contributed by atoms with Gasteiger partial charge in [0.05, 0.1) is 11.4 Å². The number of rotatable bonds is 2. The Hall–Kier alpha value is -2.21. The van der Waals surface area contributed by atoms with Crippen molar-refractivity contribution in [1.82, 2.24) is 9.78 Å². The van der Waals surface area contributed by atoms with Crippen molar-refractivity contribution in [2.45, 2.75) is 6.92 Å². The summed E-state index contributed by atoms with van der Waals surface area (Å²) in [6.07, 6.45) is 0. The number of aromatic carboxylic acids is 1. The number of fused-ring (bicyclic) bond motifs is 1. The largest absolute Gasteiger partial charge is 0.478 e. The molecule has 7 heteroatoms. The summed E-state index contributed by atoms with van der Waals surface area (Å²) < 4.78 is 11.8. The fraction of sp³-hybridized carbons (Fsp3) is 0.167. The normalized spacial score (nSPS) is 12.7. The molecule has 3 rings (SSSR count). The van der Waals surface area contributed by atoms with Gasteiger partial charge in [-0.25, -0.2) is 9.48 Å². The number of nitrogens with zero attached hydrogens (tertiary/aromatic N) is 2. The molecular weight excluding hydrogens is 272 g/mol. The number of hydrogen-bond donors (Lipinski definition) is 1. The van der Waals surface area contributed by atoms with Gasteiger partial charge in [0.25, 0.3) is 0 Å². The van der Waals surface area contributed by atoms with Crippen LogP contribution in [0.15, 0.2) is 18.2 Å². The Morgan fingerprint density at radius 2 is 2.16 bits per heavy atom. The number of carboxylic acids is 1. The molecule has 6 nitrogen and oxygen atoms in total. The van der Waals surface area contributed by atoms with E-state index in [1.54, 1.807) is 25.1 Å². The van der Waals surface area contributed by atoms with Crippen LogP contribution in [0.1, 0.15) is 16.1 Å². The van der Waals surface area contributed by atoms with Crippen LogP contribution in [0.2, 0.25) is 5.15 Å². The molecule has 0 atom stereocenters. The smallest absolute Gasteiger partial charge is 0.340 e. The Morgan fingerprint density at radius 1 is 1.42 bits per heavy atom. The second-order valence-corrected chi connectivity index (χ2v) is 4.36. The molecule has 0 unspecified atom stereocenters. The average molecular weight is 281 g/mol. The molecule has 0 saturated heterocycles. The van der Waals surface area contributed by atoms with Crippen LogP contribution in [0.25, 0.3) is 5.69 Å². The molecule has 1 aromatic heterocycles. The van der Waals surface area contributed by atoms with Crippen LogP contribution in [-0.4, -0.2) is 27.6 Å². The number of benzene rings is 1. The highest BCUT2D eigenvalue weighted by Gasteiger charge is 2.22. The Kier molecular flexibility index (Phi) is 2.60. The molecule has 2 aromatic rings. The molecule has 0 amide bonds. The van der Waals surface area contributed by atoms with Crippen molar-refractivity contribution in [1.29, 1.82) is 0 Å². The SMILES string of the molecule is Cc1nn(-c2ccc3c(c2)OCO3)c(Cl)c1C(=O)O. The summed E-state index contributed by atoms with van der Waals surface area (Å²) in [4.78, 5) is 11.1. The van der Waals surface area contributed by atoms with Crippen molar-refractivity contribution in [3.05, 3.63) is 34.6 Å². The first-order chi connectivity index (χ1) is 9.08. The maximum absolute atomic E-state index is 11.1. The third-order valence-corrected chi connectivity index (χ3v) is 3.17. The van der Waals surface area contributed by atoms with Gasteiger partial charge in [-0.05, 0) is 19.1 Å². The van der Waals surface area contributed by atoms with E-state index in [4.69, 9.17) is 26.2 Å². The van der Waals surface area contributed by atoms with E-state index in [2.05, 4.69) is 5.10 Å². The molecule has 98 valence electrons. The molecule has 0 bridgehead atoms. The van der Waals surface area contributed by atoms with Gasteiger partial charge in [-0.1, -0.05) is 11.6 Å². The topological polar surface area (TPSA) is 73.6 Å². The fourth-order valence-electron chi connectivity index (χ4n) is 1.93. The van der Waals surface area contributed by atoms with E-state index in [9.17, 15) is 4.79 Å². The molecule has 0 fully saturated rings. The first-order valence-electron chi connectivity index (χ1n) is 5.46. The van der Waals surface area contributed by atoms with Crippen LogP contribution in [0, 0.1) is 6.92 Å². The van der Waals surface area contributed by atoms with Gasteiger partial charge in [0.2, 0.25) is 6.79 Å². The number of ether oxygens (including phenoxy) is 2. The zero-order valence-electron chi connectivity index (χ0n) is 9.88. The van der Waals surface area contributed by atoms with Gasteiger partial charge in [-0.2, -0.15) is 5.10 Å². The summed E-state index contributed by atoms with van der Waals surface area (Å²) in [5.74, 6) is 0.121. The standard InChI is InChI=1S/C12H9ClN2O4/c1-6-10(12(16)17)11(13)15(14-6)7-2-3-8-9(4-7)19-5-18-8/h2-4H,5H2,1H3,(H,16,17). The minimum Gasteiger partial charge on any atom is -0.478 e. The summed E-state index contributed by atoms with van der Waals surface area (Å²) in [5.41, 5.74) is 0.972. The molecule has 19 heavy (non-hydrogen) atoms. The van der Waals surface area contributed by atoms with Crippen molar-refractivity contribution in [3.63, 3.8) is 0 Å². The number of hydrogen-bond acceptors (Lipinski definition) is 4. The average Bonchev–Trinajstić information content (AvgIpc) is 2.92. The van der Waals surface area contributed by atoms with Gasteiger partial charge < -0.3 is 14.6 Å². The van der Waals surface area contributed by atoms with Crippen molar-refractivity contribution in [2.24, 2.45) is 0 Å². The minimum atomic E-state index is -1.10. The third kappa shape index (κ3) is 1.80. The van der Waals surface area contributed by atoms with Gasteiger partial charge in [0.1, 0.15) is 10.7 Å². The van der Waals surface area contributed by atoms with Crippen LogP contribution >= 0.6 is 11.6 Å². The molecule has 1 N–H and O–H groups in total. The third-order valence-electron chi connectivity index (χ3n) is 2.82. The number of aryl methyl sites for hydroxylation is 1. The first kappa shape index (κ1) is 11.9. The summed E-state index contributed by atoms with van der Waals surface area (Å²) in [6, 6.07) is 5.16. The maximum atomic E-state index is 11.1. The lowest BCUT2D eigenvalue weighted by Crippen LogP contribution is -1.99.